The molecule has 1 heterocycles. The number of hydrogen-bond acceptors (Lipinski definition) is 6. The maximum Gasteiger partial charge on any atom is 0.251 e. The van der Waals surface area contributed by atoms with Crippen LogP contribution in [0.4, 0.5) is 0 Å². The summed E-state index contributed by atoms with van der Waals surface area (Å²) >= 11 is 0. The molecule has 0 unspecified atom stereocenters. The van der Waals surface area contributed by atoms with Gasteiger partial charge < -0.3 is 9.15 Å². The summed E-state index contributed by atoms with van der Waals surface area (Å²) in [5, 5.41) is 7.87. The number of aryl methyl sites for hydroxylation is 2. The zero-order valence-corrected chi connectivity index (χ0v) is 15.5. The summed E-state index contributed by atoms with van der Waals surface area (Å²) in [6.07, 6.45) is 0. The number of methoxy groups -OCH3 is 1. The Morgan fingerprint density at radius 2 is 1.88 bits per heavy atom. The molecule has 0 aliphatic rings. The van der Waals surface area contributed by atoms with Crippen LogP contribution in [0.5, 0.6) is 5.75 Å². The molecule has 3 rings (SSSR count). The van der Waals surface area contributed by atoms with Crippen LogP contribution in [0.15, 0.2) is 51.8 Å². The molecule has 136 valence electrons. The first-order chi connectivity index (χ1) is 12.4. The number of para-hydroxylation sites is 1. The van der Waals surface area contributed by atoms with Crippen molar-refractivity contribution in [3.8, 4) is 17.2 Å². The van der Waals surface area contributed by atoms with Crippen molar-refractivity contribution < 1.29 is 17.6 Å². The number of nitrogens with one attached hydrogen (secondary N) is 1. The Bertz CT molecular complexity index is 1030. The summed E-state index contributed by atoms with van der Waals surface area (Å²) in [7, 11) is -2.13. The summed E-state index contributed by atoms with van der Waals surface area (Å²) < 4.78 is 38.3. The second-order valence-corrected chi connectivity index (χ2v) is 7.53. The van der Waals surface area contributed by atoms with Gasteiger partial charge in [0.2, 0.25) is 15.9 Å². The lowest BCUT2D eigenvalue weighted by molar-refractivity contribution is 0.413. The smallest absolute Gasteiger partial charge is 0.251 e. The largest absolute Gasteiger partial charge is 0.496 e. The van der Waals surface area contributed by atoms with Gasteiger partial charge >= 0.3 is 0 Å². The van der Waals surface area contributed by atoms with Crippen molar-refractivity contribution in [3.05, 3.63) is 59.5 Å². The second kappa shape index (κ2) is 7.27. The highest BCUT2D eigenvalue weighted by atomic mass is 32.2. The van der Waals surface area contributed by atoms with Crippen LogP contribution in [-0.4, -0.2) is 25.7 Å². The number of aromatic nitrogens is 2. The summed E-state index contributed by atoms with van der Waals surface area (Å²) in [6, 6.07) is 12.4. The third kappa shape index (κ3) is 3.76. The molecule has 0 atom stereocenters. The zero-order valence-electron chi connectivity index (χ0n) is 14.7. The van der Waals surface area contributed by atoms with Gasteiger partial charge in [-0.05, 0) is 37.6 Å². The van der Waals surface area contributed by atoms with Crippen LogP contribution >= 0.6 is 0 Å². The van der Waals surface area contributed by atoms with Gasteiger partial charge in [-0.1, -0.05) is 29.8 Å². The molecule has 0 aliphatic heterocycles. The first kappa shape index (κ1) is 18.1. The van der Waals surface area contributed by atoms with E-state index in [1.165, 1.54) is 0 Å². The van der Waals surface area contributed by atoms with Crippen LogP contribution < -0.4 is 9.46 Å². The number of ether oxygens (including phenoxy) is 1. The molecule has 1 aromatic heterocycles. The van der Waals surface area contributed by atoms with E-state index in [2.05, 4.69) is 14.9 Å². The molecule has 0 saturated heterocycles. The molecule has 0 fully saturated rings. The van der Waals surface area contributed by atoms with Crippen molar-refractivity contribution in [2.75, 3.05) is 7.11 Å². The van der Waals surface area contributed by atoms with E-state index in [1.54, 1.807) is 38.3 Å². The van der Waals surface area contributed by atoms with Gasteiger partial charge in [-0.15, -0.1) is 10.2 Å². The van der Waals surface area contributed by atoms with Crippen LogP contribution in [-0.2, 0) is 16.6 Å². The van der Waals surface area contributed by atoms with E-state index in [-0.39, 0.29) is 23.2 Å². The van der Waals surface area contributed by atoms with E-state index in [0.29, 0.717) is 16.9 Å². The summed E-state index contributed by atoms with van der Waals surface area (Å²) in [4.78, 5) is 0.229. The lowest BCUT2D eigenvalue weighted by Crippen LogP contribution is -2.24. The molecular formula is C18H19N3O4S. The van der Waals surface area contributed by atoms with Crippen molar-refractivity contribution >= 4 is 10.0 Å². The Kier molecular flexibility index (Phi) is 5.06. The van der Waals surface area contributed by atoms with Crippen LogP contribution in [0.1, 0.15) is 17.0 Å². The van der Waals surface area contributed by atoms with Gasteiger partial charge in [0.15, 0.2) is 0 Å². The highest BCUT2D eigenvalue weighted by Gasteiger charge is 2.19. The fourth-order valence-corrected chi connectivity index (χ4v) is 3.79. The van der Waals surface area contributed by atoms with Gasteiger partial charge in [0.25, 0.3) is 5.89 Å². The van der Waals surface area contributed by atoms with Gasteiger partial charge in [0, 0.05) is 0 Å². The molecule has 0 saturated carbocycles. The van der Waals surface area contributed by atoms with E-state index in [0.717, 1.165) is 5.56 Å². The molecule has 1 N–H and O–H groups in total. The predicted molar refractivity (Wildman–Crippen MR) is 96.2 cm³/mol. The summed E-state index contributed by atoms with van der Waals surface area (Å²) in [5.41, 5.74) is 2.32. The van der Waals surface area contributed by atoms with Crippen molar-refractivity contribution in [3.63, 3.8) is 0 Å². The van der Waals surface area contributed by atoms with Gasteiger partial charge in [-0.25, -0.2) is 13.1 Å². The van der Waals surface area contributed by atoms with Crippen molar-refractivity contribution in [2.24, 2.45) is 0 Å². The summed E-state index contributed by atoms with van der Waals surface area (Å²) in [6.45, 7) is 3.57. The fraction of sp³-hybridized carbons (Fsp3) is 0.222. The highest BCUT2D eigenvalue weighted by molar-refractivity contribution is 7.89. The maximum absolute atomic E-state index is 12.5. The first-order valence-corrected chi connectivity index (χ1v) is 9.42. The minimum atomic E-state index is -3.68. The second-order valence-electron chi connectivity index (χ2n) is 5.79. The molecule has 0 radical (unpaired) electrons. The lowest BCUT2D eigenvalue weighted by atomic mass is 10.2. The minimum Gasteiger partial charge on any atom is -0.496 e. The van der Waals surface area contributed by atoms with E-state index in [4.69, 9.17) is 9.15 Å². The van der Waals surface area contributed by atoms with Crippen LogP contribution in [0.2, 0.25) is 0 Å². The Labute approximate surface area is 152 Å². The zero-order chi connectivity index (χ0) is 18.7. The molecule has 3 aromatic rings. The van der Waals surface area contributed by atoms with E-state index >= 15 is 0 Å². The van der Waals surface area contributed by atoms with Gasteiger partial charge in [-0.2, -0.15) is 0 Å². The average Bonchev–Trinajstić information content (AvgIpc) is 3.08. The molecule has 0 bridgehead atoms. The summed E-state index contributed by atoms with van der Waals surface area (Å²) in [5.74, 6) is 1.03. The van der Waals surface area contributed by atoms with Gasteiger partial charge in [-0.3, -0.25) is 0 Å². The number of nitrogens with zero attached hydrogens (tertiary/aromatic N) is 2. The number of rotatable bonds is 6. The van der Waals surface area contributed by atoms with Crippen molar-refractivity contribution in [1.82, 2.24) is 14.9 Å². The molecule has 26 heavy (non-hydrogen) atoms. The van der Waals surface area contributed by atoms with Crippen molar-refractivity contribution in [2.45, 2.75) is 25.3 Å². The standard InChI is InChI=1S/C18H19N3O4S/c1-12-8-9-16(13(2)10-12)26(22,23)19-11-17-20-21-18(25-17)14-6-4-5-7-15(14)24-3/h4-10,19H,11H2,1-3H3. The molecule has 7 nitrogen and oxygen atoms in total. The lowest BCUT2D eigenvalue weighted by Gasteiger charge is -2.08. The normalized spacial score (nSPS) is 11.5. The quantitative estimate of drug-likeness (QED) is 0.714. The number of hydrogen-bond donors (Lipinski definition) is 1. The average molecular weight is 373 g/mol. The topological polar surface area (TPSA) is 94.3 Å². The molecule has 0 spiro atoms. The van der Waals surface area contributed by atoms with Crippen LogP contribution in [0.3, 0.4) is 0 Å². The monoisotopic (exact) mass is 373 g/mol. The Hall–Kier alpha value is -2.71. The van der Waals surface area contributed by atoms with E-state index in [1.807, 2.05) is 25.1 Å². The van der Waals surface area contributed by atoms with Gasteiger partial charge in [0.05, 0.1) is 24.1 Å². The van der Waals surface area contributed by atoms with E-state index in [9.17, 15) is 8.42 Å². The Morgan fingerprint density at radius 3 is 2.62 bits per heavy atom. The fourth-order valence-electron chi connectivity index (χ4n) is 2.59. The van der Waals surface area contributed by atoms with E-state index < -0.39 is 10.0 Å². The molecule has 8 heteroatoms. The molecule has 0 amide bonds. The number of benzene rings is 2. The van der Waals surface area contributed by atoms with Crippen LogP contribution in [0, 0.1) is 13.8 Å². The number of sulfonamides is 1. The maximum atomic E-state index is 12.5. The Morgan fingerprint density at radius 1 is 1.12 bits per heavy atom. The third-order valence-corrected chi connectivity index (χ3v) is 5.40. The SMILES string of the molecule is COc1ccccc1-c1nnc(CNS(=O)(=O)c2ccc(C)cc2C)o1. The molecular weight excluding hydrogens is 354 g/mol. The molecule has 2 aromatic carbocycles. The minimum absolute atomic E-state index is 0.0994. The first-order valence-electron chi connectivity index (χ1n) is 7.93. The Balaban J connectivity index is 1.77. The van der Waals surface area contributed by atoms with Crippen molar-refractivity contribution in [1.29, 1.82) is 0 Å². The predicted octanol–water partition coefficient (Wildman–Crippen LogP) is 2.84. The molecule has 0 aliphatic carbocycles. The third-order valence-electron chi connectivity index (χ3n) is 3.84. The van der Waals surface area contributed by atoms with Crippen LogP contribution in [0.25, 0.3) is 11.5 Å². The highest BCUT2D eigenvalue weighted by Crippen LogP contribution is 2.28. The van der Waals surface area contributed by atoms with Gasteiger partial charge in [0.1, 0.15) is 5.75 Å².